The van der Waals surface area contributed by atoms with Crippen molar-refractivity contribution >= 4 is 37.5 Å². The van der Waals surface area contributed by atoms with Crippen molar-refractivity contribution in [1.29, 1.82) is 0 Å². The second-order valence-corrected chi connectivity index (χ2v) is 7.47. The Morgan fingerprint density at radius 2 is 2.00 bits per heavy atom. The van der Waals surface area contributed by atoms with Gasteiger partial charge in [-0.1, -0.05) is 0 Å². The number of carbonyl (C=O) groups is 1. The number of carbonyl (C=O) groups excluding carboxylic acids is 1. The highest BCUT2D eigenvalue weighted by atomic mass is 79.9. The quantitative estimate of drug-likeness (QED) is 0.672. The van der Waals surface area contributed by atoms with E-state index >= 15 is 0 Å². The average molecular weight is 368 g/mol. The predicted octanol–water partition coefficient (Wildman–Crippen LogP) is 0.960. The lowest BCUT2D eigenvalue weighted by molar-refractivity contribution is -0.125. The molecule has 0 aromatic heterocycles. The monoisotopic (exact) mass is 367 g/mol. The standard InChI is InChI=1S/C11H15BrFN3O3S/c1-11(2,10(15)17)5-16-20(18,19)9-3-6(12)7(13)4-8(9)14/h3-4,16H,5,14H2,1-2H3,(H2,15,17). The van der Waals surface area contributed by atoms with Crippen LogP contribution in [0.2, 0.25) is 0 Å². The van der Waals surface area contributed by atoms with Crippen LogP contribution >= 0.6 is 15.9 Å². The van der Waals surface area contributed by atoms with Gasteiger partial charge < -0.3 is 11.5 Å². The van der Waals surface area contributed by atoms with Gasteiger partial charge in [0, 0.05) is 6.54 Å². The fourth-order valence-electron chi connectivity index (χ4n) is 1.22. The lowest BCUT2D eigenvalue weighted by Gasteiger charge is -2.21. The van der Waals surface area contributed by atoms with Crippen molar-refractivity contribution in [1.82, 2.24) is 4.72 Å². The number of hydrogen-bond acceptors (Lipinski definition) is 4. The molecule has 0 aliphatic rings. The van der Waals surface area contributed by atoms with Crippen molar-refractivity contribution in [3.05, 3.63) is 22.4 Å². The largest absolute Gasteiger partial charge is 0.398 e. The molecule has 1 amide bonds. The summed E-state index contributed by atoms with van der Waals surface area (Å²) >= 11 is 2.89. The summed E-state index contributed by atoms with van der Waals surface area (Å²) in [4.78, 5) is 10.9. The number of sulfonamides is 1. The minimum Gasteiger partial charge on any atom is -0.398 e. The number of amides is 1. The Morgan fingerprint density at radius 3 is 2.50 bits per heavy atom. The number of benzene rings is 1. The first-order chi connectivity index (χ1) is 8.97. The number of nitrogen functional groups attached to an aromatic ring is 1. The van der Waals surface area contributed by atoms with Crippen molar-refractivity contribution in [2.24, 2.45) is 11.1 Å². The molecule has 0 aliphatic carbocycles. The summed E-state index contributed by atoms with van der Waals surface area (Å²) in [7, 11) is -3.98. The highest BCUT2D eigenvalue weighted by Crippen LogP contribution is 2.26. The lowest BCUT2D eigenvalue weighted by Crippen LogP contribution is -2.42. The summed E-state index contributed by atoms with van der Waals surface area (Å²) in [5.74, 6) is -1.31. The van der Waals surface area contributed by atoms with Crippen LogP contribution in [0.15, 0.2) is 21.5 Å². The lowest BCUT2D eigenvalue weighted by atomic mass is 9.93. The van der Waals surface area contributed by atoms with Gasteiger partial charge in [-0.15, -0.1) is 0 Å². The zero-order valence-corrected chi connectivity index (χ0v) is 13.3. The summed E-state index contributed by atoms with van der Waals surface area (Å²) in [5, 5.41) is 0. The molecule has 1 aromatic carbocycles. The summed E-state index contributed by atoms with van der Waals surface area (Å²) in [6.07, 6.45) is 0. The van der Waals surface area contributed by atoms with Gasteiger partial charge >= 0.3 is 0 Å². The molecule has 0 spiro atoms. The van der Waals surface area contributed by atoms with E-state index in [0.29, 0.717) is 0 Å². The zero-order valence-electron chi connectivity index (χ0n) is 10.9. The molecule has 112 valence electrons. The van der Waals surface area contributed by atoms with Crippen molar-refractivity contribution in [2.75, 3.05) is 12.3 Å². The number of nitrogens with one attached hydrogen (secondary N) is 1. The number of anilines is 1. The van der Waals surface area contributed by atoms with Crippen LogP contribution in [0, 0.1) is 11.2 Å². The summed E-state index contributed by atoms with van der Waals surface area (Å²) in [6.45, 7) is 2.81. The first-order valence-corrected chi connectivity index (χ1v) is 7.79. The Kier molecular flexibility index (Phi) is 4.78. The molecule has 1 aromatic rings. The van der Waals surface area contributed by atoms with Crippen LogP contribution in [0.4, 0.5) is 10.1 Å². The smallest absolute Gasteiger partial charge is 0.242 e. The number of halogens is 2. The van der Waals surface area contributed by atoms with Crippen molar-refractivity contribution in [3.63, 3.8) is 0 Å². The van der Waals surface area contributed by atoms with E-state index in [1.54, 1.807) is 0 Å². The molecule has 0 saturated carbocycles. The third kappa shape index (κ3) is 3.68. The minimum absolute atomic E-state index is 0.0266. The number of nitrogens with two attached hydrogens (primary N) is 2. The second kappa shape index (κ2) is 5.66. The fraction of sp³-hybridized carbons (Fsp3) is 0.364. The Bertz CT molecular complexity index is 647. The summed E-state index contributed by atoms with van der Waals surface area (Å²) in [6, 6.07) is 1.96. The molecule has 0 radical (unpaired) electrons. The number of hydrogen-bond donors (Lipinski definition) is 3. The van der Waals surface area contributed by atoms with Gasteiger partial charge in [-0.2, -0.15) is 0 Å². The van der Waals surface area contributed by atoms with Gasteiger partial charge in [0.25, 0.3) is 0 Å². The van der Waals surface area contributed by atoms with Crippen LogP contribution in [0.3, 0.4) is 0 Å². The van der Waals surface area contributed by atoms with Gasteiger partial charge in [0.2, 0.25) is 15.9 Å². The molecule has 0 bridgehead atoms. The van der Waals surface area contributed by atoms with Crippen molar-refractivity contribution < 1.29 is 17.6 Å². The highest BCUT2D eigenvalue weighted by Gasteiger charge is 2.28. The van der Waals surface area contributed by atoms with Crippen LogP contribution in [0.25, 0.3) is 0 Å². The summed E-state index contributed by atoms with van der Waals surface area (Å²) in [5.41, 5.74) is 9.38. The first kappa shape index (κ1) is 16.9. The molecule has 0 heterocycles. The molecular weight excluding hydrogens is 353 g/mol. The maximum Gasteiger partial charge on any atom is 0.242 e. The van der Waals surface area contributed by atoms with Gasteiger partial charge in [-0.05, 0) is 41.9 Å². The van der Waals surface area contributed by atoms with E-state index in [9.17, 15) is 17.6 Å². The molecule has 20 heavy (non-hydrogen) atoms. The van der Waals surface area contributed by atoms with Gasteiger partial charge in [0.05, 0.1) is 15.6 Å². The Balaban J connectivity index is 3.07. The topological polar surface area (TPSA) is 115 Å². The van der Waals surface area contributed by atoms with E-state index < -0.39 is 27.2 Å². The van der Waals surface area contributed by atoms with Gasteiger partial charge in [-0.3, -0.25) is 4.79 Å². The number of rotatable bonds is 5. The second-order valence-electron chi connectivity index (χ2n) is 4.88. The molecule has 6 nitrogen and oxygen atoms in total. The first-order valence-electron chi connectivity index (χ1n) is 5.51. The van der Waals surface area contributed by atoms with Crippen LogP contribution in [-0.4, -0.2) is 20.9 Å². The molecule has 5 N–H and O–H groups in total. The van der Waals surface area contributed by atoms with E-state index in [1.807, 2.05) is 0 Å². The fourth-order valence-corrected chi connectivity index (χ4v) is 3.06. The molecule has 9 heteroatoms. The van der Waals surface area contributed by atoms with E-state index in [4.69, 9.17) is 11.5 Å². The van der Waals surface area contributed by atoms with Crippen LogP contribution in [-0.2, 0) is 14.8 Å². The predicted molar refractivity (Wildman–Crippen MR) is 76.7 cm³/mol. The molecule has 0 aliphatic heterocycles. The molecule has 0 atom stereocenters. The Morgan fingerprint density at radius 1 is 1.45 bits per heavy atom. The minimum atomic E-state index is -3.98. The SMILES string of the molecule is CC(C)(CNS(=O)(=O)c1cc(Br)c(F)cc1N)C(N)=O. The molecule has 0 saturated heterocycles. The van der Waals surface area contributed by atoms with Crippen molar-refractivity contribution in [2.45, 2.75) is 18.7 Å². The van der Waals surface area contributed by atoms with Gasteiger partial charge in [-0.25, -0.2) is 17.5 Å². The van der Waals surface area contributed by atoms with E-state index in [-0.39, 0.29) is 21.6 Å². The molecule has 0 unspecified atom stereocenters. The van der Waals surface area contributed by atoms with Gasteiger partial charge in [0.1, 0.15) is 10.7 Å². The van der Waals surface area contributed by atoms with E-state index in [1.165, 1.54) is 13.8 Å². The third-order valence-corrected chi connectivity index (χ3v) is 4.78. The van der Waals surface area contributed by atoms with Crippen molar-refractivity contribution in [3.8, 4) is 0 Å². The maximum atomic E-state index is 13.2. The van der Waals surface area contributed by atoms with E-state index in [2.05, 4.69) is 20.7 Å². The van der Waals surface area contributed by atoms with Crippen LogP contribution in [0.5, 0.6) is 0 Å². The maximum absolute atomic E-state index is 13.2. The Labute approximate surface area is 124 Å². The van der Waals surface area contributed by atoms with E-state index in [0.717, 1.165) is 12.1 Å². The zero-order chi connectivity index (χ0) is 15.7. The highest BCUT2D eigenvalue weighted by molar-refractivity contribution is 9.10. The van der Waals surface area contributed by atoms with Gasteiger partial charge in [0.15, 0.2) is 0 Å². The Hall–Kier alpha value is -1.19. The molecular formula is C11H15BrFN3O3S. The van der Waals surface area contributed by atoms with Crippen LogP contribution < -0.4 is 16.2 Å². The molecule has 0 fully saturated rings. The molecule has 1 rings (SSSR count). The average Bonchev–Trinajstić information content (AvgIpc) is 2.31. The number of primary amides is 1. The van der Waals surface area contributed by atoms with Crippen LogP contribution in [0.1, 0.15) is 13.8 Å². The normalized spacial score (nSPS) is 12.4. The summed E-state index contributed by atoms with van der Waals surface area (Å²) < 4.78 is 39.6. The third-order valence-electron chi connectivity index (χ3n) is 2.71.